The minimum absolute atomic E-state index is 0.0131. The number of hydrogen-bond donors (Lipinski definition) is 2. The highest BCUT2D eigenvalue weighted by molar-refractivity contribution is 5.85. The molecule has 0 bridgehead atoms. The number of nitrogens with one attached hydrogen (secondary N) is 1. The van der Waals surface area contributed by atoms with E-state index in [0.717, 1.165) is 6.26 Å². The van der Waals surface area contributed by atoms with E-state index in [1.54, 1.807) is 0 Å². The minimum Gasteiger partial charge on any atom is -0.476 e. The lowest BCUT2D eigenvalue weighted by Crippen LogP contribution is -2.01. The number of carbonyl (C=O) groups is 1. The van der Waals surface area contributed by atoms with Crippen LogP contribution in [0.5, 0.6) is 5.75 Å². The normalized spacial score (nSPS) is 10.5. The van der Waals surface area contributed by atoms with Gasteiger partial charge in [-0.15, -0.1) is 0 Å². The molecule has 0 spiro atoms. The van der Waals surface area contributed by atoms with Crippen molar-refractivity contribution in [1.82, 2.24) is 4.98 Å². The first-order chi connectivity index (χ1) is 9.04. The first kappa shape index (κ1) is 12.8. The number of anilines is 2. The van der Waals surface area contributed by atoms with E-state index >= 15 is 0 Å². The monoisotopic (exact) mass is 270 g/mol. The zero-order valence-corrected chi connectivity index (χ0v) is 9.34. The van der Waals surface area contributed by atoms with Crippen molar-refractivity contribution in [2.24, 2.45) is 0 Å². The summed E-state index contributed by atoms with van der Waals surface area (Å²) in [6.07, 6.45) is 0.985. The molecule has 0 fully saturated rings. The number of aromatic carboxylic acids is 1. The summed E-state index contributed by atoms with van der Waals surface area (Å²) in [4.78, 5) is 14.2. The standard InChI is InChI=1S/C11H8F2N2O4/c12-10(13)19-7-3-1-6(2-4-7)14-11-15-8(5-18-11)9(16)17/h1-5,10H,(H,14,15)(H,16,17). The predicted molar refractivity (Wildman–Crippen MR) is 59.8 cm³/mol. The summed E-state index contributed by atoms with van der Waals surface area (Å²) in [6, 6.07) is 5.57. The van der Waals surface area contributed by atoms with Crippen LogP contribution >= 0.6 is 0 Å². The highest BCUT2D eigenvalue weighted by atomic mass is 19.3. The van der Waals surface area contributed by atoms with Gasteiger partial charge in [0.05, 0.1) is 0 Å². The molecule has 0 saturated heterocycles. The van der Waals surface area contributed by atoms with Gasteiger partial charge in [-0.1, -0.05) is 0 Å². The SMILES string of the molecule is O=C(O)c1coc(Nc2ccc(OC(F)F)cc2)n1. The Balaban J connectivity index is 2.04. The second-order valence-electron chi connectivity index (χ2n) is 3.37. The van der Waals surface area contributed by atoms with E-state index < -0.39 is 12.6 Å². The molecule has 1 heterocycles. The van der Waals surface area contributed by atoms with Gasteiger partial charge in [0.1, 0.15) is 12.0 Å². The Hall–Kier alpha value is -2.64. The molecule has 0 saturated carbocycles. The number of hydrogen-bond acceptors (Lipinski definition) is 5. The van der Waals surface area contributed by atoms with Gasteiger partial charge in [-0.05, 0) is 24.3 Å². The summed E-state index contributed by atoms with van der Waals surface area (Å²) in [7, 11) is 0. The van der Waals surface area contributed by atoms with Crippen LogP contribution in [0.3, 0.4) is 0 Å². The quantitative estimate of drug-likeness (QED) is 0.868. The van der Waals surface area contributed by atoms with Crippen molar-refractivity contribution in [2.45, 2.75) is 6.61 Å². The topological polar surface area (TPSA) is 84.6 Å². The van der Waals surface area contributed by atoms with E-state index in [2.05, 4.69) is 15.0 Å². The summed E-state index contributed by atoms with van der Waals surface area (Å²) in [5.74, 6) is -1.20. The third-order valence-corrected chi connectivity index (χ3v) is 2.05. The van der Waals surface area contributed by atoms with Gasteiger partial charge < -0.3 is 19.6 Å². The fourth-order valence-electron chi connectivity index (χ4n) is 1.27. The van der Waals surface area contributed by atoms with E-state index in [1.165, 1.54) is 24.3 Å². The fourth-order valence-corrected chi connectivity index (χ4v) is 1.27. The van der Waals surface area contributed by atoms with Gasteiger partial charge in [0.25, 0.3) is 6.01 Å². The van der Waals surface area contributed by atoms with Crippen LogP contribution in [0.2, 0.25) is 0 Å². The molecule has 2 aromatic rings. The van der Waals surface area contributed by atoms with Crippen LogP contribution in [0.1, 0.15) is 10.5 Å². The maximum absolute atomic E-state index is 11.9. The fraction of sp³-hybridized carbons (Fsp3) is 0.0909. The molecule has 0 aliphatic rings. The van der Waals surface area contributed by atoms with Gasteiger partial charge in [0.2, 0.25) is 0 Å². The van der Waals surface area contributed by atoms with Gasteiger partial charge >= 0.3 is 12.6 Å². The van der Waals surface area contributed by atoms with Crippen molar-refractivity contribution in [3.05, 3.63) is 36.2 Å². The van der Waals surface area contributed by atoms with Crippen LogP contribution < -0.4 is 10.1 Å². The van der Waals surface area contributed by atoms with Crippen LogP contribution in [-0.2, 0) is 0 Å². The molecule has 2 N–H and O–H groups in total. The first-order valence-electron chi connectivity index (χ1n) is 5.05. The average Bonchev–Trinajstić information content (AvgIpc) is 2.80. The number of halogens is 2. The molecule has 19 heavy (non-hydrogen) atoms. The smallest absolute Gasteiger partial charge is 0.387 e. The number of nitrogens with zero attached hydrogens (tertiary/aromatic N) is 1. The van der Waals surface area contributed by atoms with Gasteiger partial charge in [-0.2, -0.15) is 13.8 Å². The molecule has 6 nitrogen and oxygen atoms in total. The van der Waals surface area contributed by atoms with Crippen LogP contribution in [0.25, 0.3) is 0 Å². The number of ether oxygens (including phenoxy) is 1. The van der Waals surface area contributed by atoms with Crippen LogP contribution in [-0.4, -0.2) is 22.7 Å². The predicted octanol–water partition coefficient (Wildman–Crippen LogP) is 2.72. The largest absolute Gasteiger partial charge is 0.476 e. The third-order valence-electron chi connectivity index (χ3n) is 2.05. The number of carboxylic acids is 1. The molecule has 0 atom stereocenters. The number of oxazole rings is 1. The zero-order valence-electron chi connectivity index (χ0n) is 9.34. The van der Waals surface area contributed by atoms with Crippen LogP contribution in [0.4, 0.5) is 20.5 Å². The molecule has 100 valence electrons. The highest BCUT2D eigenvalue weighted by Crippen LogP contribution is 2.20. The molecular weight excluding hydrogens is 262 g/mol. The number of alkyl halides is 2. The molecule has 1 aromatic heterocycles. The molecule has 8 heteroatoms. The second-order valence-corrected chi connectivity index (χ2v) is 3.37. The van der Waals surface area contributed by atoms with Gasteiger partial charge in [-0.25, -0.2) is 4.79 Å². The van der Waals surface area contributed by atoms with E-state index in [-0.39, 0.29) is 17.5 Å². The van der Waals surface area contributed by atoms with Crippen LogP contribution in [0, 0.1) is 0 Å². The average molecular weight is 270 g/mol. The van der Waals surface area contributed by atoms with E-state index in [1.807, 2.05) is 0 Å². The lowest BCUT2D eigenvalue weighted by atomic mass is 10.3. The Bertz CT molecular complexity index is 568. The Morgan fingerprint density at radius 1 is 1.37 bits per heavy atom. The molecule has 2 rings (SSSR count). The van der Waals surface area contributed by atoms with Gasteiger partial charge in [0.15, 0.2) is 5.69 Å². The Labute approximate surface area is 105 Å². The lowest BCUT2D eigenvalue weighted by Gasteiger charge is -2.05. The molecule has 0 amide bonds. The molecule has 1 aromatic carbocycles. The lowest BCUT2D eigenvalue weighted by molar-refractivity contribution is -0.0498. The van der Waals surface area contributed by atoms with Crippen molar-refractivity contribution >= 4 is 17.7 Å². The Morgan fingerprint density at radius 2 is 2.05 bits per heavy atom. The maximum atomic E-state index is 11.9. The first-order valence-corrected chi connectivity index (χ1v) is 5.05. The van der Waals surface area contributed by atoms with Crippen molar-refractivity contribution < 1.29 is 27.8 Å². The Morgan fingerprint density at radius 3 is 2.58 bits per heavy atom. The minimum atomic E-state index is -2.89. The molecular formula is C11H8F2N2O4. The molecule has 0 radical (unpaired) electrons. The molecule has 0 aliphatic carbocycles. The number of rotatable bonds is 5. The third kappa shape index (κ3) is 3.41. The van der Waals surface area contributed by atoms with E-state index in [0.29, 0.717) is 5.69 Å². The summed E-state index contributed by atoms with van der Waals surface area (Å²) < 4.78 is 32.9. The van der Waals surface area contributed by atoms with Crippen molar-refractivity contribution in [3.8, 4) is 5.75 Å². The number of benzene rings is 1. The maximum Gasteiger partial charge on any atom is 0.387 e. The second kappa shape index (κ2) is 5.34. The van der Waals surface area contributed by atoms with Gasteiger partial charge in [-0.3, -0.25) is 0 Å². The van der Waals surface area contributed by atoms with E-state index in [4.69, 9.17) is 9.52 Å². The molecule has 0 aliphatic heterocycles. The zero-order chi connectivity index (χ0) is 13.8. The number of carboxylic acid groups (broad SMARTS) is 1. The number of aromatic nitrogens is 1. The van der Waals surface area contributed by atoms with E-state index in [9.17, 15) is 13.6 Å². The summed E-state index contributed by atoms with van der Waals surface area (Å²) in [5, 5.41) is 11.3. The summed E-state index contributed by atoms with van der Waals surface area (Å²) in [6.45, 7) is -2.89. The Kier molecular flexibility index (Phi) is 3.60. The molecule has 0 unspecified atom stereocenters. The van der Waals surface area contributed by atoms with Crippen LogP contribution in [0.15, 0.2) is 34.9 Å². The van der Waals surface area contributed by atoms with Crippen molar-refractivity contribution in [3.63, 3.8) is 0 Å². The summed E-state index contributed by atoms with van der Waals surface area (Å²) >= 11 is 0. The van der Waals surface area contributed by atoms with Crippen molar-refractivity contribution in [2.75, 3.05) is 5.32 Å². The van der Waals surface area contributed by atoms with Gasteiger partial charge in [0, 0.05) is 5.69 Å². The van der Waals surface area contributed by atoms with Crippen molar-refractivity contribution in [1.29, 1.82) is 0 Å². The highest BCUT2D eigenvalue weighted by Gasteiger charge is 2.10. The summed E-state index contributed by atoms with van der Waals surface area (Å²) in [5.41, 5.74) is 0.251.